The zero-order valence-electron chi connectivity index (χ0n) is 40.5. The number of carbonyl (C=O) groups excluding carboxylic acids is 2. The van der Waals surface area contributed by atoms with Crippen LogP contribution in [0, 0.1) is 13.8 Å². The topological polar surface area (TPSA) is 175 Å². The van der Waals surface area contributed by atoms with Gasteiger partial charge in [-0.1, -0.05) is 12.1 Å². The predicted octanol–water partition coefficient (Wildman–Crippen LogP) is 6.58. The Balaban J connectivity index is 0.779. The molecule has 10 rings (SSSR count). The van der Waals surface area contributed by atoms with Gasteiger partial charge in [-0.3, -0.25) is 34.0 Å². The van der Waals surface area contributed by atoms with Crippen molar-refractivity contribution in [2.24, 2.45) is 7.05 Å². The Kier molecular flexibility index (Phi) is 13.5. The van der Waals surface area contributed by atoms with Gasteiger partial charge in [-0.2, -0.15) is 10.1 Å². The molecular formula is C50H60BrN12O6P. The largest absolute Gasteiger partial charge is 0.494 e. The Hall–Kier alpha value is -5.82. The van der Waals surface area contributed by atoms with E-state index in [0.717, 1.165) is 99.8 Å². The third kappa shape index (κ3) is 9.54. The number of nitrogens with zero attached hydrogens (tertiary/aromatic N) is 9. The number of nitrogens with one attached hydrogen (secondary N) is 3. The van der Waals surface area contributed by atoms with Crippen LogP contribution in [-0.2, 0) is 43.3 Å². The molecule has 3 N–H and O–H groups in total. The molecule has 7 heterocycles. The monoisotopic (exact) mass is 1030 g/mol. The summed E-state index contributed by atoms with van der Waals surface area (Å²) in [5.41, 5.74) is 11.3. The van der Waals surface area contributed by atoms with Gasteiger partial charge >= 0.3 is 7.60 Å². The highest BCUT2D eigenvalue weighted by atomic mass is 79.9. The van der Waals surface area contributed by atoms with E-state index in [1.165, 1.54) is 36.6 Å². The number of ether oxygens (including phenoxy) is 1. The molecule has 3 saturated heterocycles. The van der Waals surface area contributed by atoms with Crippen LogP contribution in [0.4, 0.5) is 34.5 Å². The number of piperidine rings is 1. The number of amides is 2. The first-order chi connectivity index (χ1) is 33.8. The summed E-state index contributed by atoms with van der Waals surface area (Å²) in [6.45, 7) is 12.9. The van der Waals surface area contributed by atoms with Gasteiger partial charge in [0.1, 0.15) is 11.6 Å². The smallest absolute Gasteiger partial charge is 0.363 e. The summed E-state index contributed by atoms with van der Waals surface area (Å²) in [4.78, 5) is 45.9. The molecule has 5 aromatic rings. The molecule has 70 heavy (non-hydrogen) atoms. The average molecular weight is 1040 g/mol. The second kappa shape index (κ2) is 19.8. The second-order valence-corrected chi connectivity index (χ2v) is 21.8. The first-order valence-corrected chi connectivity index (χ1v) is 26.1. The number of methoxy groups -OCH3 is 1. The maximum atomic E-state index is 13.7. The van der Waals surface area contributed by atoms with Crippen molar-refractivity contribution in [2.45, 2.75) is 58.3 Å². The van der Waals surface area contributed by atoms with Crippen molar-refractivity contribution in [3.63, 3.8) is 0 Å². The maximum Gasteiger partial charge on any atom is 0.363 e. The first kappa shape index (κ1) is 47.8. The molecule has 1 atom stereocenters. The molecule has 0 saturated carbocycles. The molecule has 0 radical (unpaired) electrons. The number of piperazine rings is 1. The number of rotatable bonds is 15. The quantitative estimate of drug-likeness (QED) is 0.0757. The lowest BCUT2D eigenvalue weighted by Crippen LogP contribution is -2.57. The third-order valence-corrected chi connectivity index (χ3v) is 17.2. The molecule has 0 spiro atoms. The van der Waals surface area contributed by atoms with E-state index in [0.29, 0.717) is 57.6 Å². The number of halogens is 1. The van der Waals surface area contributed by atoms with Crippen LogP contribution in [0.25, 0.3) is 11.1 Å². The molecule has 368 valence electrons. The summed E-state index contributed by atoms with van der Waals surface area (Å²) in [6, 6.07) is 14.9. The van der Waals surface area contributed by atoms with E-state index in [1.807, 2.05) is 50.1 Å². The molecule has 5 aliphatic heterocycles. The van der Waals surface area contributed by atoms with Gasteiger partial charge in [0.05, 0.1) is 46.5 Å². The molecule has 0 aliphatic carbocycles. The molecular weight excluding hydrogens is 976 g/mol. The van der Waals surface area contributed by atoms with Crippen LogP contribution in [0.1, 0.15) is 41.5 Å². The van der Waals surface area contributed by atoms with E-state index >= 15 is 0 Å². The SMILES string of the molecule is COc1cc(N2CCN(CC3=CN(C4CN(c5ccc6c(c5)CN(C5CCC(=O)NC5=O)C6)C4)CC3)CC2)c(-c2cnn(C)c2)cc1Nc1ncc(Br)c(Nc2ccc(C)c(C)c2P(=O)(OC)OC)n1. The zero-order valence-corrected chi connectivity index (χ0v) is 43.0. The van der Waals surface area contributed by atoms with Gasteiger partial charge in [0, 0.05) is 140 Å². The van der Waals surface area contributed by atoms with Crippen LogP contribution in [0.15, 0.2) is 77.3 Å². The molecule has 2 amide bonds. The minimum absolute atomic E-state index is 0.168. The number of fused-ring (bicyclic) bond motifs is 1. The number of hydrogen-bond donors (Lipinski definition) is 3. The Labute approximate surface area is 417 Å². The van der Waals surface area contributed by atoms with Crippen molar-refractivity contribution in [3.8, 4) is 16.9 Å². The van der Waals surface area contributed by atoms with Gasteiger partial charge in [0.25, 0.3) is 0 Å². The van der Waals surface area contributed by atoms with Crippen LogP contribution < -0.4 is 35.8 Å². The van der Waals surface area contributed by atoms with Crippen LogP contribution >= 0.6 is 23.5 Å². The Morgan fingerprint density at radius 3 is 2.40 bits per heavy atom. The van der Waals surface area contributed by atoms with Crippen LogP contribution in [0.3, 0.4) is 0 Å². The minimum Gasteiger partial charge on any atom is -0.494 e. The number of anilines is 6. The van der Waals surface area contributed by atoms with Crippen molar-refractivity contribution in [2.75, 3.05) is 94.1 Å². The van der Waals surface area contributed by atoms with Crippen molar-refractivity contribution in [3.05, 3.63) is 99.6 Å². The van der Waals surface area contributed by atoms with Crippen molar-refractivity contribution >= 4 is 75.2 Å². The summed E-state index contributed by atoms with van der Waals surface area (Å²) in [5.74, 6) is 1.08. The fourth-order valence-corrected chi connectivity index (χ4v) is 12.2. The van der Waals surface area contributed by atoms with Crippen LogP contribution in [0.5, 0.6) is 5.75 Å². The number of carbonyl (C=O) groups is 2. The lowest BCUT2D eigenvalue weighted by atomic mass is 10.0. The van der Waals surface area contributed by atoms with Crippen molar-refractivity contribution in [1.82, 2.24) is 39.8 Å². The van der Waals surface area contributed by atoms with Gasteiger partial charge < -0.3 is 39.1 Å². The highest BCUT2D eigenvalue weighted by Gasteiger charge is 2.37. The second-order valence-electron chi connectivity index (χ2n) is 18.8. The summed E-state index contributed by atoms with van der Waals surface area (Å²) in [6.07, 6.45) is 10.0. The molecule has 18 nitrogen and oxygen atoms in total. The van der Waals surface area contributed by atoms with E-state index in [-0.39, 0.29) is 17.9 Å². The number of hydrogen-bond acceptors (Lipinski definition) is 16. The standard InChI is InChI=1S/C50H60BrN12O6P/c1-31-7-10-41(47(32(31)2)70(66,68-5)69-6)54-48-40(51)23-52-50(57-48)55-42-20-39(36-22-53-58(3)26-36)44(21-45(42)67-4)60-17-15-59(16-18-60)24-33-13-14-61(25-33)38-29-62(30-38)37-9-8-34-27-63(28-35(34)19-37)43-11-12-46(64)56-49(43)65/h7-10,19-23,25-26,38,43H,11-18,24,27-30H2,1-6H3,(H,56,64,65)(H2,52,54,55,57). The van der Waals surface area contributed by atoms with Gasteiger partial charge in [0.15, 0.2) is 0 Å². The van der Waals surface area contributed by atoms with Crippen molar-refractivity contribution in [1.29, 1.82) is 0 Å². The molecule has 2 aromatic heterocycles. The molecule has 5 aliphatic rings. The summed E-state index contributed by atoms with van der Waals surface area (Å²) >= 11 is 3.60. The average Bonchev–Trinajstić information content (AvgIpc) is 4.11. The Morgan fingerprint density at radius 2 is 1.67 bits per heavy atom. The minimum atomic E-state index is -3.63. The summed E-state index contributed by atoms with van der Waals surface area (Å²) in [5, 5.41) is 14.2. The van der Waals surface area contributed by atoms with E-state index in [9.17, 15) is 14.2 Å². The number of imide groups is 1. The molecule has 3 aromatic carbocycles. The lowest BCUT2D eigenvalue weighted by molar-refractivity contribution is -0.137. The van der Waals surface area contributed by atoms with Crippen LogP contribution in [0.2, 0.25) is 0 Å². The fraction of sp³-hybridized carbons (Fsp3) is 0.420. The van der Waals surface area contributed by atoms with Gasteiger partial charge in [0.2, 0.25) is 17.8 Å². The Morgan fingerprint density at radius 1 is 0.886 bits per heavy atom. The normalized spacial score (nSPS) is 19.0. The van der Waals surface area contributed by atoms with E-state index < -0.39 is 7.60 Å². The van der Waals surface area contributed by atoms with Gasteiger partial charge in [-0.15, -0.1) is 0 Å². The first-order valence-electron chi connectivity index (χ1n) is 23.8. The molecule has 0 bridgehead atoms. The lowest BCUT2D eigenvalue weighted by Gasteiger charge is -2.45. The van der Waals surface area contributed by atoms with E-state index in [4.69, 9.17) is 18.8 Å². The van der Waals surface area contributed by atoms with Crippen molar-refractivity contribution < 1.29 is 27.9 Å². The summed E-state index contributed by atoms with van der Waals surface area (Å²) < 4.78 is 33.0. The maximum absolute atomic E-state index is 13.7. The number of benzene rings is 3. The third-order valence-electron chi connectivity index (χ3n) is 14.5. The molecule has 3 fully saturated rings. The fourth-order valence-electron chi connectivity index (χ4n) is 10.4. The highest BCUT2D eigenvalue weighted by molar-refractivity contribution is 9.10. The van der Waals surface area contributed by atoms with Gasteiger partial charge in [-0.25, -0.2) is 4.98 Å². The van der Waals surface area contributed by atoms with Gasteiger partial charge in [-0.05, 0) is 94.7 Å². The van der Waals surface area contributed by atoms with E-state index in [2.05, 4.69) is 103 Å². The number of aryl methyl sites for hydroxylation is 2. The number of aromatic nitrogens is 4. The summed E-state index contributed by atoms with van der Waals surface area (Å²) in [7, 11) is 2.71. The Bertz CT molecular complexity index is 2910. The highest BCUT2D eigenvalue weighted by Crippen LogP contribution is 2.49. The predicted molar refractivity (Wildman–Crippen MR) is 275 cm³/mol. The van der Waals surface area contributed by atoms with Crippen LogP contribution in [-0.4, -0.2) is 132 Å². The molecule has 20 heteroatoms. The zero-order chi connectivity index (χ0) is 48.8. The molecule has 1 unspecified atom stereocenters. The van der Waals surface area contributed by atoms with E-state index in [1.54, 1.807) is 13.3 Å².